The van der Waals surface area contributed by atoms with Crippen molar-refractivity contribution in [2.45, 2.75) is 61.8 Å². The normalized spacial score (nSPS) is 12.1. The molecule has 0 aliphatic heterocycles. The first kappa shape index (κ1) is 26.1. The summed E-state index contributed by atoms with van der Waals surface area (Å²) in [5, 5.41) is 5.25. The van der Waals surface area contributed by atoms with Gasteiger partial charge in [-0.1, -0.05) is 83.2 Å². The van der Waals surface area contributed by atoms with Crippen molar-refractivity contribution in [2.75, 3.05) is 0 Å². The Morgan fingerprint density at radius 3 is 2.17 bits per heavy atom. The molecule has 0 atom stereocenters. The molecule has 35 heavy (non-hydrogen) atoms. The fourth-order valence-electron chi connectivity index (χ4n) is 4.93. The average Bonchev–Trinajstić information content (AvgIpc) is 3.43. The van der Waals surface area contributed by atoms with Crippen molar-refractivity contribution < 1.29 is 0 Å². The molecule has 0 saturated carbocycles. The summed E-state index contributed by atoms with van der Waals surface area (Å²) < 4.78 is 2.43. The van der Waals surface area contributed by atoms with E-state index in [-0.39, 0.29) is 0 Å². The Kier molecular flexibility index (Phi) is 8.76. The number of aryl methyl sites for hydroxylation is 1. The first-order valence-corrected chi connectivity index (χ1v) is 13.1. The topological polar surface area (TPSA) is 20.7 Å². The summed E-state index contributed by atoms with van der Waals surface area (Å²) in [5.74, 6) is 0. The van der Waals surface area contributed by atoms with Crippen LogP contribution in [0.1, 0.15) is 66.0 Å². The summed E-state index contributed by atoms with van der Waals surface area (Å²) in [6, 6.07) is 17.7. The highest BCUT2D eigenvalue weighted by atomic mass is 15.0. The summed E-state index contributed by atoms with van der Waals surface area (Å²) in [6.07, 6.45) is 12.1. The van der Waals surface area contributed by atoms with Gasteiger partial charge in [0.25, 0.3) is 0 Å². The maximum Gasteiger partial charge on any atom is 0.0548 e. The second kappa shape index (κ2) is 11.8. The smallest absolute Gasteiger partial charge is 0.0548 e. The molecule has 2 nitrogen and oxygen atoms in total. The number of benzene rings is 3. The van der Waals surface area contributed by atoms with Crippen LogP contribution < -0.4 is 0 Å². The van der Waals surface area contributed by atoms with Gasteiger partial charge in [0, 0.05) is 38.3 Å². The molecule has 0 unspecified atom stereocenters. The first-order valence-electron chi connectivity index (χ1n) is 13.1. The number of fused-ring (bicyclic) bond motifs is 7. The monoisotopic (exact) mass is 464 g/mol. The number of nitrogens with one attached hydrogen (secondary N) is 1. The highest BCUT2D eigenvalue weighted by Gasteiger charge is 2.20. The third-order valence-electron chi connectivity index (χ3n) is 6.16. The molecule has 182 valence electrons. The molecule has 2 heterocycles. The van der Waals surface area contributed by atoms with Gasteiger partial charge in [0.15, 0.2) is 0 Å². The van der Waals surface area contributed by atoms with E-state index in [1.807, 2.05) is 27.7 Å². The number of nitrogens with zero attached hydrogens (tertiary/aromatic N) is 1. The minimum absolute atomic E-state index is 0.990. The maximum absolute atomic E-state index is 3.63. The lowest BCUT2D eigenvalue weighted by atomic mass is 9.98. The van der Waals surface area contributed by atoms with Crippen LogP contribution in [0.25, 0.3) is 55.4 Å². The quantitative estimate of drug-likeness (QED) is 0.255. The van der Waals surface area contributed by atoms with Crippen LogP contribution >= 0.6 is 0 Å². The lowest BCUT2D eigenvalue weighted by Gasteiger charge is -2.10. The van der Waals surface area contributed by atoms with Crippen molar-refractivity contribution in [1.29, 1.82) is 0 Å². The third kappa shape index (κ3) is 4.46. The Morgan fingerprint density at radius 2 is 1.49 bits per heavy atom. The Morgan fingerprint density at radius 1 is 0.800 bits per heavy atom. The SMILES string of the molecule is C/C=C\C(=C/CC)n1c2ccc(C)c(/C=C\C)c2c2c3c(ccc21)[nH]c1ccccc13.CC.CC. The van der Waals surface area contributed by atoms with Crippen molar-refractivity contribution in [1.82, 2.24) is 9.55 Å². The van der Waals surface area contributed by atoms with E-state index in [1.165, 1.54) is 60.4 Å². The number of aromatic nitrogens is 2. The summed E-state index contributed by atoms with van der Waals surface area (Å²) in [4.78, 5) is 3.63. The molecule has 0 aliphatic rings. The van der Waals surface area contributed by atoms with Crippen LogP contribution in [0, 0.1) is 6.92 Å². The number of rotatable bonds is 4. The lowest BCUT2D eigenvalue weighted by Crippen LogP contribution is -1.95. The van der Waals surface area contributed by atoms with Gasteiger partial charge in [-0.05, 0) is 68.7 Å². The molecule has 3 aromatic carbocycles. The second-order valence-corrected chi connectivity index (χ2v) is 8.12. The Bertz CT molecular complexity index is 1530. The molecule has 1 N–H and O–H groups in total. The van der Waals surface area contributed by atoms with Crippen LogP contribution in [0.3, 0.4) is 0 Å². The predicted molar refractivity (Wildman–Crippen MR) is 160 cm³/mol. The summed E-state index contributed by atoms with van der Waals surface area (Å²) >= 11 is 0. The molecular weight excluding hydrogens is 424 g/mol. The minimum atomic E-state index is 0.990. The van der Waals surface area contributed by atoms with Gasteiger partial charge in [-0.2, -0.15) is 0 Å². The van der Waals surface area contributed by atoms with Crippen molar-refractivity contribution in [3.63, 3.8) is 0 Å². The largest absolute Gasteiger partial charge is 0.354 e. The highest BCUT2D eigenvalue weighted by Crippen LogP contribution is 2.42. The lowest BCUT2D eigenvalue weighted by molar-refractivity contribution is 1.16. The van der Waals surface area contributed by atoms with Crippen molar-refractivity contribution in [3.8, 4) is 0 Å². The van der Waals surface area contributed by atoms with E-state index in [4.69, 9.17) is 0 Å². The van der Waals surface area contributed by atoms with E-state index in [1.54, 1.807) is 0 Å². The minimum Gasteiger partial charge on any atom is -0.354 e. The molecule has 5 rings (SSSR count). The van der Waals surface area contributed by atoms with E-state index in [2.05, 4.69) is 116 Å². The van der Waals surface area contributed by atoms with Gasteiger partial charge in [0.2, 0.25) is 0 Å². The van der Waals surface area contributed by atoms with E-state index >= 15 is 0 Å². The van der Waals surface area contributed by atoms with Gasteiger partial charge in [-0.3, -0.25) is 0 Å². The van der Waals surface area contributed by atoms with E-state index < -0.39 is 0 Å². The highest BCUT2D eigenvalue weighted by molar-refractivity contribution is 6.29. The van der Waals surface area contributed by atoms with Crippen molar-refractivity contribution in [3.05, 3.63) is 84.0 Å². The van der Waals surface area contributed by atoms with Gasteiger partial charge in [0.05, 0.1) is 11.0 Å². The number of aromatic amines is 1. The van der Waals surface area contributed by atoms with Crippen LogP contribution in [0.5, 0.6) is 0 Å². The van der Waals surface area contributed by atoms with Gasteiger partial charge in [0.1, 0.15) is 0 Å². The van der Waals surface area contributed by atoms with Crippen LogP contribution in [0.2, 0.25) is 0 Å². The predicted octanol–water partition coefficient (Wildman–Crippen LogP) is 10.6. The van der Waals surface area contributed by atoms with E-state index in [0.717, 1.165) is 6.42 Å². The number of hydrogen-bond acceptors (Lipinski definition) is 0. The zero-order valence-electron chi connectivity index (χ0n) is 22.7. The Balaban J connectivity index is 0.000000815. The molecular formula is C33H40N2. The van der Waals surface area contributed by atoms with Crippen molar-refractivity contribution >= 4 is 55.4 Å². The van der Waals surface area contributed by atoms with Gasteiger partial charge in [-0.15, -0.1) is 0 Å². The molecule has 0 radical (unpaired) electrons. The number of hydrogen-bond donors (Lipinski definition) is 1. The Hall–Kier alpha value is -3.52. The molecule has 0 amide bonds. The first-order chi connectivity index (χ1) is 17.2. The second-order valence-electron chi connectivity index (χ2n) is 8.12. The van der Waals surface area contributed by atoms with Crippen LogP contribution in [-0.2, 0) is 0 Å². The van der Waals surface area contributed by atoms with Gasteiger partial charge < -0.3 is 9.55 Å². The molecule has 2 aromatic heterocycles. The van der Waals surface area contributed by atoms with Crippen LogP contribution in [0.15, 0.2) is 72.8 Å². The maximum atomic E-state index is 3.63. The van der Waals surface area contributed by atoms with Gasteiger partial charge in [-0.25, -0.2) is 0 Å². The zero-order chi connectivity index (χ0) is 25.5. The van der Waals surface area contributed by atoms with Gasteiger partial charge >= 0.3 is 0 Å². The van der Waals surface area contributed by atoms with Crippen LogP contribution in [-0.4, -0.2) is 9.55 Å². The Labute approximate surface area is 210 Å². The van der Waals surface area contributed by atoms with Crippen molar-refractivity contribution in [2.24, 2.45) is 0 Å². The molecule has 0 saturated heterocycles. The molecule has 2 heteroatoms. The summed E-state index contributed by atoms with van der Waals surface area (Å²) in [5.41, 5.74) is 8.70. The standard InChI is InChI=1S/C29H28N2.2C2H6/c1-5-10-20(11-6-2)31-25-17-15-19(4)21(12-7-3)28(25)29-26(31)18-16-24-27(29)22-13-8-9-14-23(22)30-24;2*1-2/h5,7-18,30H,6H2,1-4H3;2*1-2H3/b10-5-,12-7-,20-11+;;. The molecule has 5 aromatic rings. The molecule has 0 bridgehead atoms. The number of H-pyrrole nitrogens is 1. The fraction of sp³-hybridized carbons (Fsp3) is 0.273. The average molecular weight is 465 g/mol. The molecule has 0 fully saturated rings. The van der Waals surface area contributed by atoms with Crippen LogP contribution in [0.4, 0.5) is 0 Å². The zero-order valence-corrected chi connectivity index (χ0v) is 22.7. The number of para-hydroxylation sites is 1. The van der Waals surface area contributed by atoms with E-state index in [0.29, 0.717) is 0 Å². The summed E-state index contributed by atoms with van der Waals surface area (Å²) in [7, 11) is 0. The molecule has 0 aliphatic carbocycles. The number of allylic oxidation sites excluding steroid dienone is 5. The molecule has 0 spiro atoms. The fourth-order valence-corrected chi connectivity index (χ4v) is 4.93. The third-order valence-corrected chi connectivity index (χ3v) is 6.16. The summed E-state index contributed by atoms with van der Waals surface area (Å²) in [6.45, 7) is 16.6. The van der Waals surface area contributed by atoms with E-state index in [9.17, 15) is 0 Å².